The first-order chi connectivity index (χ1) is 6.22. The maximum atomic E-state index is 11.0. The molecule has 0 saturated heterocycles. The molecule has 0 radical (unpaired) electrons. The van der Waals surface area contributed by atoms with Crippen molar-refractivity contribution in [3.8, 4) is 5.75 Å². The SMILES string of the molecule is COCC(=O)Oc1ccc(C)cc1. The second-order valence-electron chi connectivity index (χ2n) is 2.72. The Bertz CT molecular complexity index is 277. The van der Waals surface area contributed by atoms with Gasteiger partial charge >= 0.3 is 5.97 Å². The average Bonchev–Trinajstić information content (AvgIpc) is 2.09. The highest BCUT2D eigenvalue weighted by molar-refractivity contribution is 5.73. The Kier molecular flexibility index (Phi) is 3.46. The van der Waals surface area contributed by atoms with Gasteiger partial charge in [0.05, 0.1) is 0 Å². The van der Waals surface area contributed by atoms with Crippen molar-refractivity contribution in [3.63, 3.8) is 0 Å². The van der Waals surface area contributed by atoms with Gasteiger partial charge in [0.15, 0.2) is 0 Å². The van der Waals surface area contributed by atoms with E-state index in [1.165, 1.54) is 7.11 Å². The molecular formula is C10H12O3. The molecule has 0 aliphatic carbocycles. The second kappa shape index (κ2) is 4.62. The maximum absolute atomic E-state index is 11.0. The standard InChI is InChI=1S/C10H12O3/c1-8-3-5-9(6-4-8)13-10(11)7-12-2/h3-6H,7H2,1-2H3. The van der Waals surface area contributed by atoms with Crippen LogP contribution in [0.3, 0.4) is 0 Å². The lowest BCUT2D eigenvalue weighted by atomic mass is 10.2. The number of rotatable bonds is 3. The Morgan fingerprint density at radius 2 is 1.92 bits per heavy atom. The zero-order valence-corrected chi connectivity index (χ0v) is 7.74. The minimum Gasteiger partial charge on any atom is -0.425 e. The number of carbonyl (C=O) groups excluding carboxylic acids is 1. The van der Waals surface area contributed by atoms with E-state index in [0.29, 0.717) is 5.75 Å². The first kappa shape index (κ1) is 9.74. The first-order valence-electron chi connectivity index (χ1n) is 3.98. The van der Waals surface area contributed by atoms with Crippen LogP contribution in [0.2, 0.25) is 0 Å². The van der Waals surface area contributed by atoms with Gasteiger partial charge in [-0.2, -0.15) is 0 Å². The van der Waals surface area contributed by atoms with Crippen LogP contribution >= 0.6 is 0 Å². The van der Waals surface area contributed by atoms with Crippen LogP contribution in [0.5, 0.6) is 5.75 Å². The Balaban J connectivity index is 2.54. The summed E-state index contributed by atoms with van der Waals surface area (Å²) in [4.78, 5) is 11.0. The Labute approximate surface area is 77.3 Å². The number of methoxy groups -OCH3 is 1. The third-order valence-corrected chi connectivity index (χ3v) is 1.51. The van der Waals surface area contributed by atoms with E-state index in [0.717, 1.165) is 5.56 Å². The molecule has 0 saturated carbocycles. The zero-order chi connectivity index (χ0) is 9.68. The van der Waals surface area contributed by atoms with Gasteiger partial charge in [0.1, 0.15) is 12.4 Å². The fraction of sp³-hybridized carbons (Fsp3) is 0.300. The van der Waals surface area contributed by atoms with E-state index in [4.69, 9.17) is 4.74 Å². The average molecular weight is 180 g/mol. The molecule has 0 aliphatic heterocycles. The van der Waals surface area contributed by atoms with Gasteiger partial charge < -0.3 is 9.47 Å². The number of esters is 1. The molecule has 0 amide bonds. The number of hydrogen-bond donors (Lipinski definition) is 0. The number of ether oxygens (including phenoxy) is 2. The van der Waals surface area contributed by atoms with E-state index in [2.05, 4.69) is 4.74 Å². The highest BCUT2D eigenvalue weighted by atomic mass is 16.6. The van der Waals surface area contributed by atoms with Crippen molar-refractivity contribution in [3.05, 3.63) is 29.8 Å². The quantitative estimate of drug-likeness (QED) is 0.523. The van der Waals surface area contributed by atoms with Crippen molar-refractivity contribution >= 4 is 5.97 Å². The number of aryl methyl sites for hydroxylation is 1. The van der Waals surface area contributed by atoms with Crippen LogP contribution in [0.4, 0.5) is 0 Å². The first-order valence-corrected chi connectivity index (χ1v) is 3.98. The largest absolute Gasteiger partial charge is 0.425 e. The van der Waals surface area contributed by atoms with Crippen LogP contribution in [0, 0.1) is 6.92 Å². The zero-order valence-electron chi connectivity index (χ0n) is 7.74. The van der Waals surface area contributed by atoms with Crippen LogP contribution in [0.1, 0.15) is 5.56 Å². The highest BCUT2D eigenvalue weighted by Crippen LogP contribution is 2.11. The Morgan fingerprint density at radius 1 is 1.31 bits per heavy atom. The van der Waals surface area contributed by atoms with Gasteiger partial charge in [-0.15, -0.1) is 0 Å². The number of benzene rings is 1. The molecule has 0 unspecified atom stereocenters. The van der Waals surface area contributed by atoms with Crippen molar-refractivity contribution in [1.82, 2.24) is 0 Å². The van der Waals surface area contributed by atoms with Crippen LogP contribution in [-0.4, -0.2) is 19.7 Å². The van der Waals surface area contributed by atoms with Gasteiger partial charge in [-0.25, -0.2) is 4.79 Å². The molecule has 70 valence electrons. The molecule has 3 nitrogen and oxygen atoms in total. The fourth-order valence-corrected chi connectivity index (χ4v) is 0.885. The van der Waals surface area contributed by atoms with Gasteiger partial charge in [0.2, 0.25) is 0 Å². The Hall–Kier alpha value is -1.35. The summed E-state index contributed by atoms with van der Waals surface area (Å²) in [6.45, 7) is 1.95. The van der Waals surface area contributed by atoms with Gasteiger partial charge in [0, 0.05) is 7.11 Å². The summed E-state index contributed by atoms with van der Waals surface area (Å²) in [6, 6.07) is 7.27. The van der Waals surface area contributed by atoms with Crippen molar-refractivity contribution in [1.29, 1.82) is 0 Å². The minimum absolute atomic E-state index is 0.0200. The van der Waals surface area contributed by atoms with Crippen molar-refractivity contribution < 1.29 is 14.3 Å². The van der Waals surface area contributed by atoms with E-state index in [1.807, 2.05) is 19.1 Å². The third kappa shape index (κ3) is 3.25. The lowest BCUT2D eigenvalue weighted by molar-refractivity contribution is -0.138. The van der Waals surface area contributed by atoms with E-state index >= 15 is 0 Å². The second-order valence-corrected chi connectivity index (χ2v) is 2.72. The van der Waals surface area contributed by atoms with Gasteiger partial charge in [-0.1, -0.05) is 17.7 Å². The summed E-state index contributed by atoms with van der Waals surface area (Å²) < 4.78 is 9.57. The van der Waals surface area contributed by atoms with Crippen LogP contribution in [-0.2, 0) is 9.53 Å². The molecule has 13 heavy (non-hydrogen) atoms. The summed E-state index contributed by atoms with van der Waals surface area (Å²) in [5, 5.41) is 0. The minimum atomic E-state index is -0.383. The topological polar surface area (TPSA) is 35.5 Å². The fourth-order valence-electron chi connectivity index (χ4n) is 0.885. The molecule has 0 heterocycles. The normalized spacial score (nSPS) is 9.69. The molecule has 0 fully saturated rings. The molecule has 1 aromatic carbocycles. The molecule has 1 rings (SSSR count). The van der Waals surface area contributed by atoms with E-state index in [-0.39, 0.29) is 12.6 Å². The van der Waals surface area contributed by atoms with E-state index in [1.54, 1.807) is 12.1 Å². The van der Waals surface area contributed by atoms with Crippen LogP contribution < -0.4 is 4.74 Å². The predicted octanol–water partition coefficient (Wildman–Crippen LogP) is 1.55. The molecule has 0 aliphatic rings. The smallest absolute Gasteiger partial charge is 0.337 e. The molecule has 0 spiro atoms. The highest BCUT2D eigenvalue weighted by Gasteiger charge is 2.02. The van der Waals surface area contributed by atoms with Crippen molar-refractivity contribution in [2.75, 3.05) is 13.7 Å². The van der Waals surface area contributed by atoms with Crippen LogP contribution in [0.25, 0.3) is 0 Å². The molecule has 0 aromatic heterocycles. The van der Waals surface area contributed by atoms with Gasteiger partial charge in [-0.05, 0) is 19.1 Å². The van der Waals surface area contributed by atoms with Crippen molar-refractivity contribution in [2.45, 2.75) is 6.92 Å². The van der Waals surface area contributed by atoms with Crippen LogP contribution in [0.15, 0.2) is 24.3 Å². The molecule has 3 heteroatoms. The molecule has 1 aromatic rings. The Morgan fingerprint density at radius 3 is 2.46 bits per heavy atom. The molecule has 0 N–H and O–H groups in total. The van der Waals surface area contributed by atoms with Gasteiger partial charge in [0.25, 0.3) is 0 Å². The van der Waals surface area contributed by atoms with E-state index < -0.39 is 0 Å². The monoisotopic (exact) mass is 180 g/mol. The number of carbonyl (C=O) groups is 1. The summed E-state index contributed by atoms with van der Waals surface area (Å²) in [7, 11) is 1.45. The summed E-state index contributed by atoms with van der Waals surface area (Å²) in [5.41, 5.74) is 1.13. The van der Waals surface area contributed by atoms with Gasteiger partial charge in [-0.3, -0.25) is 0 Å². The third-order valence-electron chi connectivity index (χ3n) is 1.51. The molecule has 0 bridgehead atoms. The predicted molar refractivity (Wildman–Crippen MR) is 48.7 cm³/mol. The summed E-state index contributed by atoms with van der Waals surface area (Å²) in [5.74, 6) is 0.166. The van der Waals surface area contributed by atoms with Crippen molar-refractivity contribution in [2.24, 2.45) is 0 Å². The lowest BCUT2D eigenvalue weighted by Crippen LogP contribution is -2.13. The summed E-state index contributed by atoms with van der Waals surface area (Å²) >= 11 is 0. The molecular weight excluding hydrogens is 168 g/mol. The molecule has 0 atom stereocenters. The lowest BCUT2D eigenvalue weighted by Gasteiger charge is -2.02. The number of hydrogen-bond acceptors (Lipinski definition) is 3. The van der Waals surface area contributed by atoms with E-state index in [9.17, 15) is 4.79 Å². The maximum Gasteiger partial charge on any atom is 0.337 e. The summed E-state index contributed by atoms with van der Waals surface area (Å²) in [6.07, 6.45) is 0.